The van der Waals surface area contributed by atoms with Gasteiger partial charge in [-0.3, -0.25) is 5.41 Å². The number of amidine groups is 1. The van der Waals surface area contributed by atoms with Gasteiger partial charge in [0.05, 0.1) is 5.84 Å². The van der Waals surface area contributed by atoms with E-state index >= 15 is 0 Å². The van der Waals surface area contributed by atoms with Crippen molar-refractivity contribution in [2.45, 2.75) is 13.3 Å². The normalized spacial score (nSPS) is 9.79. The predicted octanol–water partition coefficient (Wildman–Crippen LogP) is 0.629. The largest absolute Gasteiger partial charge is 0.388 e. The van der Waals surface area contributed by atoms with Crippen LogP contribution in [0.25, 0.3) is 0 Å². The minimum Gasteiger partial charge on any atom is -0.388 e. The molecule has 0 aliphatic heterocycles. The molecule has 0 aliphatic rings. The number of anilines is 1. The summed E-state index contributed by atoms with van der Waals surface area (Å²) in [6, 6.07) is 1.85. The van der Waals surface area contributed by atoms with E-state index in [-0.39, 0.29) is 5.84 Å². The fourth-order valence-electron chi connectivity index (χ4n) is 1.16. The lowest BCUT2D eigenvalue weighted by Crippen LogP contribution is -2.28. The number of nitrogens with one attached hydrogen (secondary N) is 1. The summed E-state index contributed by atoms with van der Waals surface area (Å²) < 4.78 is 0. The van der Waals surface area contributed by atoms with E-state index in [0.717, 1.165) is 18.9 Å². The topological polar surface area (TPSA) is 78.9 Å². The molecule has 0 spiro atoms. The van der Waals surface area contributed by atoms with Crippen molar-refractivity contribution in [3.8, 4) is 0 Å². The fourth-order valence-corrected chi connectivity index (χ4v) is 1.16. The summed E-state index contributed by atoms with van der Waals surface area (Å²) in [7, 11) is 0. The first-order valence-corrected chi connectivity index (χ1v) is 4.58. The smallest absolute Gasteiger partial charge is 0.131 e. The van der Waals surface area contributed by atoms with E-state index in [0.29, 0.717) is 6.42 Å². The molecular weight excluding hydrogens is 178 g/mol. The van der Waals surface area contributed by atoms with Crippen LogP contribution < -0.4 is 10.6 Å². The molecule has 0 unspecified atom stereocenters. The Hall–Kier alpha value is -1.65. The minimum absolute atomic E-state index is 0.206. The van der Waals surface area contributed by atoms with Gasteiger partial charge in [-0.15, -0.1) is 0 Å². The van der Waals surface area contributed by atoms with Gasteiger partial charge in [0.2, 0.25) is 0 Å². The summed E-state index contributed by atoms with van der Waals surface area (Å²) in [6.45, 7) is 3.62. The Balaban J connectivity index is 2.58. The number of hydrogen-bond acceptors (Lipinski definition) is 4. The van der Waals surface area contributed by atoms with Crippen LogP contribution in [-0.4, -0.2) is 28.9 Å². The summed E-state index contributed by atoms with van der Waals surface area (Å²) in [6.07, 6.45) is 3.79. The molecule has 5 nitrogen and oxygen atoms in total. The van der Waals surface area contributed by atoms with Crippen molar-refractivity contribution in [3.05, 3.63) is 18.6 Å². The molecule has 14 heavy (non-hydrogen) atoms. The summed E-state index contributed by atoms with van der Waals surface area (Å²) in [4.78, 5) is 10.0. The highest BCUT2D eigenvalue weighted by molar-refractivity contribution is 5.77. The molecule has 0 radical (unpaired) electrons. The first-order chi connectivity index (χ1) is 6.74. The second kappa shape index (κ2) is 5.16. The van der Waals surface area contributed by atoms with Crippen molar-refractivity contribution in [2.75, 3.05) is 18.0 Å². The summed E-state index contributed by atoms with van der Waals surface area (Å²) in [5, 5.41) is 7.14. The van der Waals surface area contributed by atoms with Crippen LogP contribution in [0, 0.1) is 5.41 Å². The molecule has 0 saturated carbocycles. The van der Waals surface area contributed by atoms with Crippen LogP contribution in [0.15, 0.2) is 18.6 Å². The zero-order chi connectivity index (χ0) is 10.4. The number of aromatic nitrogens is 2. The molecule has 0 aromatic carbocycles. The second-order valence-electron chi connectivity index (χ2n) is 2.92. The third-order valence-corrected chi connectivity index (χ3v) is 1.92. The molecule has 3 N–H and O–H groups in total. The molecule has 1 heterocycles. The number of rotatable bonds is 5. The standard InChI is InChI=1S/C9H15N5/c1-2-14(6-4-8(10)11)9-3-5-12-7-13-9/h3,5,7H,2,4,6H2,1H3,(H3,10,11). The van der Waals surface area contributed by atoms with Gasteiger partial charge < -0.3 is 10.6 Å². The molecule has 5 heteroatoms. The van der Waals surface area contributed by atoms with Gasteiger partial charge in [0, 0.05) is 25.7 Å². The Morgan fingerprint density at radius 1 is 1.64 bits per heavy atom. The van der Waals surface area contributed by atoms with Crippen LogP contribution in [-0.2, 0) is 0 Å². The van der Waals surface area contributed by atoms with Crippen LogP contribution in [0.5, 0.6) is 0 Å². The summed E-state index contributed by atoms with van der Waals surface area (Å²) >= 11 is 0. The van der Waals surface area contributed by atoms with Crippen LogP contribution in [0.2, 0.25) is 0 Å². The van der Waals surface area contributed by atoms with Crippen molar-refractivity contribution in [3.63, 3.8) is 0 Å². The van der Waals surface area contributed by atoms with Gasteiger partial charge in [-0.25, -0.2) is 9.97 Å². The molecule has 0 atom stereocenters. The Bertz CT molecular complexity index is 285. The van der Waals surface area contributed by atoms with Crippen molar-refractivity contribution < 1.29 is 0 Å². The van der Waals surface area contributed by atoms with E-state index in [1.807, 2.05) is 13.0 Å². The predicted molar refractivity (Wildman–Crippen MR) is 56.5 cm³/mol. The Morgan fingerprint density at radius 2 is 2.43 bits per heavy atom. The molecule has 76 valence electrons. The molecule has 1 aromatic heterocycles. The van der Waals surface area contributed by atoms with E-state index in [9.17, 15) is 0 Å². The molecule has 0 fully saturated rings. The maximum Gasteiger partial charge on any atom is 0.131 e. The highest BCUT2D eigenvalue weighted by atomic mass is 15.2. The van der Waals surface area contributed by atoms with Gasteiger partial charge in [0.25, 0.3) is 0 Å². The zero-order valence-electron chi connectivity index (χ0n) is 8.27. The Morgan fingerprint density at radius 3 is 2.93 bits per heavy atom. The van der Waals surface area contributed by atoms with E-state index in [1.165, 1.54) is 6.33 Å². The second-order valence-corrected chi connectivity index (χ2v) is 2.92. The highest BCUT2D eigenvalue weighted by Crippen LogP contribution is 2.07. The van der Waals surface area contributed by atoms with Gasteiger partial charge in [0.1, 0.15) is 12.1 Å². The first-order valence-electron chi connectivity index (χ1n) is 4.58. The van der Waals surface area contributed by atoms with Crippen LogP contribution >= 0.6 is 0 Å². The fraction of sp³-hybridized carbons (Fsp3) is 0.444. The number of nitrogens with zero attached hydrogens (tertiary/aromatic N) is 3. The molecular formula is C9H15N5. The van der Waals surface area contributed by atoms with E-state index in [1.54, 1.807) is 6.20 Å². The average Bonchev–Trinajstić information content (AvgIpc) is 2.20. The third-order valence-electron chi connectivity index (χ3n) is 1.92. The molecule has 0 amide bonds. The van der Waals surface area contributed by atoms with E-state index in [4.69, 9.17) is 11.1 Å². The Kier molecular flexibility index (Phi) is 3.84. The monoisotopic (exact) mass is 193 g/mol. The lowest BCUT2D eigenvalue weighted by molar-refractivity contribution is 0.811. The average molecular weight is 193 g/mol. The van der Waals surface area contributed by atoms with Gasteiger partial charge in [-0.1, -0.05) is 0 Å². The SMILES string of the molecule is CCN(CCC(=N)N)c1ccncn1. The highest BCUT2D eigenvalue weighted by Gasteiger charge is 2.04. The zero-order valence-corrected chi connectivity index (χ0v) is 8.27. The van der Waals surface area contributed by atoms with Crippen LogP contribution in [0.1, 0.15) is 13.3 Å². The van der Waals surface area contributed by atoms with Crippen LogP contribution in [0.3, 0.4) is 0 Å². The van der Waals surface area contributed by atoms with Gasteiger partial charge in [-0.2, -0.15) is 0 Å². The van der Waals surface area contributed by atoms with Crippen molar-refractivity contribution in [1.82, 2.24) is 9.97 Å². The maximum atomic E-state index is 7.14. The van der Waals surface area contributed by atoms with Crippen molar-refractivity contribution in [2.24, 2.45) is 5.73 Å². The minimum atomic E-state index is 0.206. The first kappa shape index (κ1) is 10.4. The van der Waals surface area contributed by atoms with Gasteiger partial charge >= 0.3 is 0 Å². The number of nitrogens with two attached hydrogens (primary N) is 1. The molecule has 1 aromatic rings. The van der Waals surface area contributed by atoms with E-state index < -0.39 is 0 Å². The van der Waals surface area contributed by atoms with Gasteiger partial charge in [0.15, 0.2) is 0 Å². The summed E-state index contributed by atoms with van der Waals surface area (Å²) in [5.74, 6) is 1.08. The lowest BCUT2D eigenvalue weighted by atomic mass is 10.3. The Labute approximate surface area is 83.5 Å². The van der Waals surface area contributed by atoms with E-state index in [2.05, 4.69) is 14.9 Å². The van der Waals surface area contributed by atoms with Gasteiger partial charge in [-0.05, 0) is 13.0 Å². The lowest BCUT2D eigenvalue weighted by Gasteiger charge is -2.20. The number of hydrogen-bond donors (Lipinski definition) is 2. The van der Waals surface area contributed by atoms with Crippen LogP contribution in [0.4, 0.5) is 5.82 Å². The third kappa shape index (κ3) is 3.01. The quantitative estimate of drug-likeness (QED) is 0.531. The maximum absolute atomic E-state index is 7.14. The van der Waals surface area contributed by atoms with Crippen molar-refractivity contribution >= 4 is 11.7 Å². The molecule has 0 aliphatic carbocycles. The van der Waals surface area contributed by atoms with Crippen molar-refractivity contribution in [1.29, 1.82) is 5.41 Å². The molecule has 0 saturated heterocycles. The molecule has 1 rings (SSSR count). The summed E-state index contributed by atoms with van der Waals surface area (Å²) in [5.41, 5.74) is 5.30. The molecule has 0 bridgehead atoms.